The van der Waals surface area contributed by atoms with Gasteiger partial charge >= 0.3 is 5.97 Å². The van der Waals surface area contributed by atoms with Crippen molar-refractivity contribution in [2.24, 2.45) is 5.92 Å². The summed E-state index contributed by atoms with van der Waals surface area (Å²) in [6.07, 6.45) is 13.2. The molecule has 1 heterocycles. The Hall–Kier alpha value is -2.43. The van der Waals surface area contributed by atoms with Gasteiger partial charge < -0.3 is 9.47 Å². The lowest BCUT2D eigenvalue weighted by Crippen LogP contribution is -2.09. The summed E-state index contributed by atoms with van der Waals surface area (Å²) >= 11 is 0. The molecule has 0 saturated carbocycles. The zero-order valence-electron chi connectivity index (χ0n) is 18.7. The topological polar surface area (TPSA) is 61.3 Å². The fraction of sp³-hybridized carbons (Fsp3) is 0.560. The van der Waals surface area contributed by atoms with Crippen molar-refractivity contribution in [3.8, 4) is 22.9 Å². The molecule has 0 bridgehead atoms. The van der Waals surface area contributed by atoms with Gasteiger partial charge in [-0.15, -0.1) is 0 Å². The molecule has 1 unspecified atom stereocenters. The minimum absolute atomic E-state index is 0.189. The van der Waals surface area contributed by atoms with E-state index >= 15 is 0 Å². The van der Waals surface area contributed by atoms with Gasteiger partial charge in [0, 0.05) is 12.0 Å². The summed E-state index contributed by atoms with van der Waals surface area (Å²) in [5, 5.41) is 0. The average molecular weight is 413 g/mol. The lowest BCUT2D eigenvalue weighted by Gasteiger charge is -2.09. The lowest BCUT2D eigenvalue weighted by atomic mass is 10.0. The number of aromatic nitrogens is 2. The molecule has 0 aliphatic rings. The number of esters is 1. The Kier molecular flexibility index (Phi) is 10.9. The van der Waals surface area contributed by atoms with Gasteiger partial charge in [-0.3, -0.25) is 4.79 Å². The van der Waals surface area contributed by atoms with Crippen LogP contribution in [0.25, 0.3) is 11.4 Å². The summed E-state index contributed by atoms with van der Waals surface area (Å²) in [5.74, 6) is 2.21. The zero-order valence-corrected chi connectivity index (χ0v) is 18.7. The summed E-state index contributed by atoms with van der Waals surface area (Å²) < 4.78 is 11.1. The number of hydrogen-bond acceptors (Lipinski definition) is 5. The van der Waals surface area contributed by atoms with Crippen LogP contribution >= 0.6 is 0 Å². The van der Waals surface area contributed by atoms with Crippen molar-refractivity contribution in [1.29, 1.82) is 0 Å². The molecule has 1 aromatic carbocycles. The smallest absolute Gasteiger partial charge is 0.311 e. The summed E-state index contributed by atoms with van der Waals surface area (Å²) in [6.45, 7) is 7.20. The van der Waals surface area contributed by atoms with Crippen LogP contribution in [0.5, 0.6) is 11.5 Å². The highest BCUT2D eigenvalue weighted by Gasteiger charge is 2.09. The van der Waals surface area contributed by atoms with Gasteiger partial charge in [0.05, 0.1) is 19.0 Å². The Morgan fingerprint density at radius 3 is 2.27 bits per heavy atom. The van der Waals surface area contributed by atoms with E-state index < -0.39 is 0 Å². The number of rotatable bonds is 14. The third-order valence-corrected chi connectivity index (χ3v) is 5.28. The SMILES string of the molecule is CCCCCCCCOc1cnc(-c2ccc(OC(=O)CCC(C)CC)cc2)nc1. The number of nitrogens with zero attached hydrogens (tertiary/aromatic N) is 2. The minimum Gasteiger partial charge on any atom is -0.490 e. The van der Waals surface area contributed by atoms with E-state index in [4.69, 9.17) is 9.47 Å². The Morgan fingerprint density at radius 2 is 1.60 bits per heavy atom. The normalized spacial score (nSPS) is 11.8. The zero-order chi connectivity index (χ0) is 21.6. The molecule has 0 aliphatic carbocycles. The highest BCUT2D eigenvalue weighted by atomic mass is 16.5. The molecule has 5 heteroatoms. The molecule has 0 spiro atoms. The number of hydrogen-bond donors (Lipinski definition) is 0. The standard InChI is InChI=1S/C25H36N2O3/c1-4-6-7-8-9-10-17-29-23-18-26-25(27-19-23)21-12-14-22(15-13-21)30-24(28)16-11-20(3)5-2/h12-15,18-20H,4-11,16-17H2,1-3H3. The second kappa shape index (κ2) is 13.7. The van der Waals surface area contributed by atoms with Crippen molar-refractivity contribution in [3.05, 3.63) is 36.7 Å². The van der Waals surface area contributed by atoms with E-state index in [1.807, 2.05) is 12.1 Å². The molecule has 0 amide bonds. The molecule has 1 aromatic heterocycles. The first-order valence-corrected chi connectivity index (χ1v) is 11.4. The van der Waals surface area contributed by atoms with Gasteiger partial charge in [-0.2, -0.15) is 0 Å². The van der Waals surface area contributed by atoms with Crippen LogP contribution in [-0.4, -0.2) is 22.5 Å². The van der Waals surface area contributed by atoms with E-state index in [0.717, 1.165) is 24.8 Å². The highest BCUT2D eigenvalue weighted by molar-refractivity contribution is 5.72. The number of benzene rings is 1. The van der Waals surface area contributed by atoms with Gasteiger partial charge in [-0.25, -0.2) is 9.97 Å². The Bertz CT molecular complexity index is 729. The van der Waals surface area contributed by atoms with Crippen molar-refractivity contribution in [2.45, 2.75) is 78.6 Å². The fourth-order valence-corrected chi connectivity index (χ4v) is 3.04. The summed E-state index contributed by atoms with van der Waals surface area (Å²) in [7, 11) is 0. The van der Waals surface area contributed by atoms with Gasteiger partial charge in [0.15, 0.2) is 11.6 Å². The second-order valence-electron chi connectivity index (χ2n) is 7.91. The molecule has 5 nitrogen and oxygen atoms in total. The van der Waals surface area contributed by atoms with Crippen molar-refractivity contribution in [2.75, 3.05) is 6.61 Å². The third-order valence-electron chi connectivity index (χ3n) is 5.28. The molecule has 164 valence electrons. The number of carbonyl (C=O) groups is 1. The van der Waals surface area contributed by atoms with Crippen LogP contribution in [0, 0.1) is 5.92 Å². The van der Waals surface area contributed by atoms with E-state index in [0.29, 0.717) is 36.3 Å². The first kappa shape index (κ1) is 23.8. The van der Waals surface area contributed by atoms with E-state index in [1.165, 1.54) is 32.1 Å². The van der Waals surface area contributed by atoms with Crippen LogP contribution in [0.4, 0.5) is 0 Å². The predicted octanol–water partition coefficient (Wildman–Crippen LogP) is 6.61. The van der Waals surface area contributed by atoms with Gasteiger partial charge in [0.2, 0.25) is 0 Å². The van der Waals surface area contributed by atoms with Crippen LogP contribution in [0.2, 0.25) is 0 Å². The van der Waals surface area contributed by atoms with Crippen LogP contribution in [0.1, 0.15) is 78.6 Å². The van der Waals surface area contributed by atoms with E-state index in [2.05, 4.69) is 30.7 Å². The second-order valence-corrected chi connectivity index (χ2v) is 7.91. The molecular formula is C25H36N2O3. The predicted molar refractivity (Wildman–Crippen MR) is 121 cm³/mol. The first-order chi connectivity index (χ1) is 14.6. The molecule has 0 N–H and O–H groups in total. The molecule has 1 atom stereocenters. The maximum atomic E-state index is 11.9. The maximum absolute atomic E-state index is 11.9. The van der Waals surface area contributed by atoms with Crippen LogP contribution in [0.15, 0.2) is 36.7 Å². The number of carbonyl (C=O) groups excluding carboxylic acids is 1. The van der Waals surface area contributed by atoms with Crippen molar-refractivity contribution in [1.82, 2.24) is 9.97 Å². The van der Waals surface area contributed by atoms with Crippen LogP contribution in [-0.2, 0) is 4.79 Å². The van der Waals surface area contributed by atoms with Crippen molar-refractivity contribution in [3.63, 3.8) is 0 Å². The quantitative estimate of drug-likeness (QED) is 0.198. The molecule has 2 aromatic rings. The summed E-state index contributed by atoms with van der Waals surface area (Å²) in [6, 6.07) is 7.29. The Balaban J connectivity index is 1.76. The molecular weight excluding hydrogens is 376 g/mol. The largest absolute Gasteiger partial charge is 0.490 e. The average Bonchev–Trinajstić information content (AvgIpc) is 2.78. The minimum atomic E-state index is -0.189. The molecule has 0 aliphatic heterocycles. The van der Waals surface area contributed by atoms with Crippen molar-refractivity contribution < 1.29 is 14.3 Å². The van der Waals surface area contributed by atoms with E-state index in [1.54, 1.807) is 24.5 Å². The van der Waals surface area contributed by atoms with Gasteiger partial charge in [-0.1, -0.05) is 59.3 Å². The highest BCUT2D eigenvalue weighted by Crippen LogP contribution is 2.21. The third kappa shape index (κ3) is 8.93. The molecule has 0 fully saturated rings. The van der Waals surface area contributed by atoms with Crippen molar-refractivity contribution >= 4 is 5.97 Å². The summed E-state index contributed by atoms with van der Waals surface area (Å²) in [5.41, 5.74) is 0.872. The Morgan fingerprint density at radius 1 is 0.933 bits per heavy atom. The Labute approximate surface area is 181 Å². The maximum Gasteiger partial charge on any atom is 0.311 e. The monoisotopic (exact) mass is 412 g/mol. The van der Waals surface area contributed by atoms with Crippen LogP contribution < -0.4 is 9.47 Å². The van der Waals surface area contributed by atoms with E-state index in [9.17, 15) is 4.79 Å². The molecule has 30 heavy (non-hydrogen) atoms. The van der Waals surface area contributed by atoms with E-state index in [-0.39, 0.29) is 5.97 Å². The lowest BCUT2D eigenvalue weighted by molar-refractivity contribution is -0.134. The molecule has 2 rings (SSSR count). The number of ether oxygens (including phenoxy) is 2. The first-order valence-electron chi connectivity index (χ1n) is 11.4. The molecule has 0 saturated heterocycles. The van der Waals surface area contributed by atoms with Crippen LogP contribution in [0.3, 0.4) is 0 Å². The fourth-order valence-electron chi connectivity index (χ4n) is 3.04. The molecule has 0 radical (unpaired) electrons. The number of unbranched alkanes of at least 4 members (excludes halogenated alkanes) is 5. The van der Waals surface area contributed by atoms with Gasteiger partial charge in [0.1, 0.15) is 5.75 Å². The van der Waals surface area contributed by atoms with Gasteiger partial charge in [0.25, 0.3) is 0 Å². The van der Waals surface area contributed by atoms with Gasteiger partial charge in [-0.05, 0) is 43.0 Å². The summed E-state index contributed by atoms with van der Waals surface area (Å²) in [4.78, 5) is 20.7.